The van der Waals surface area contributed by atoms with E-state index in [1.807, 2.05) is 0 Å². The number of furan rings is 1. The molecule has 1 aromatic rings. The topological polar surface area (TPSA) is 117 Å². The van der Waals surface area contributed by atoms with Gasteiger partial charge in [0, 0.05) is 20.2 Å². The lowest BCUT2D eigenvalue weighted by atomic mass is 9.96. The highest BCUT2D eigenvalue weighted by molar-refractivity contribution is 7.89. The second kappa shape index (κ2) is 6.71. The van der Waals surface area contributed by atoms with E-state index in [4.69, 9.17) is 4.42 Å². The number of nitrogens with one attached hydrogen (secondary N) is 1. The van der Waals surface area contributed by atoms with Crippen molar-refractivity contribution in [1.82, 2.24) is 9.62 Å². The van der Waals surface area contributed by atoms with Crippen molar-refractivity contribution in [2.75, 3.05) is 14.1 Å². The molecular formula is C14H22N2O6S. The summed E-state index contributed by atoms with van der Waals surface area (Å²) in [5.41, 5.74) is -1.45. The van der Waals surface area contributed by atoms with Gasteiger partial charge in [-0.05, 0) is 20.3 Å². The van der Waals surface area contributed by atoms with Crippen molar-refractivity contribution in [1.29, 1.82) is 0 Å². The maximum absolute atomic E-state index is 12.2. The largest absolute Gasteiger partial charge is 0.480 e. The molecule has 9 heteroatoms. The van der Waals surface area contributed by atoms with E-state index in [0.29, 0.717) is 6.42 Å². The summed E-state index contributed by atoms with van der Waals surface area (Å²) in [5, 5.41) is 11.7. The second-order valence-electron chi connectivity index (χ2n) is 5.66. The number of aliphatic carboxylic acids is 1. The summed E-state index contributed by atoms with van der Waals surface area (Å²) < 4.78 is 30.5. The highest BCUT2D eigenvalue weighted by atomic mass is 32.2. The van der Waals surface area contributed by atoms with Gasteiger partial charge < -0.3 is 14.8 Å². The third-order valence-electron chi connectivity index (χ3n) is 3.47. The Kier molecular flexibility index (Phi) is 5.60. The van der Waals surface area contributed by atoms with E-state index >= 15 is 0 Å². The summed E-state index contributed by atoms with van der Waals surface area (Å²) in [7, 11) is -1.02. The van der Waals surface area contributed by atoms with Crippen LogP contribution in [0.3, 0.4) is 0 Å². The van der Waals surface area contributed by atoms with Crippen LogP contribution in [0.5, 0.6) is 0 Å². The van der Waals surface area contributed by atoms with Gasteiger partial charge in [0.05, 0.1) is 0 Å². The number of sulfonamides is 1. The Morgan fingerprint density at radius 3 is 2.39 bits per heavy atom. The van der Waals surface area contributed by atoms with Crippen LogP contribution >= 0.6 is 0 Å². The lowest BCUT2D eigenvalue weighted by molar-refractivity contribution is -0.144. The number of carbonyl (C=O) groups excluding carboxylic acids is 1. The Morgan fingerprint density at radius 2 is 1.96 bits per heavy atom. The van der Waals surface area contributed by atoms with Crippen molar-refractivity contribution in [2.45, 2.75) is 44.0 Å². The predicted molar refractivity (Wildman–Crippen MR) is 82.7 cm³/mol. The first-order chi connectivity index (χ1) is 10.5. The minimum atomic E-state index is -3.75. The molecule has 0 saturated carbocycles. The zero-order valence-corrected chi connectivity index (χ0v) is 14.7. The molecule has 0 saturated heterocycles. The number of amides is 1. The van der Waals surface area contributed by atoms with Crippen molar-refractivity contribution < 1.29 is 27.5 Å². The standard InChI is InChI=1S/C14H22N2O6S/c1-6-7-14(3,13(18)19)15-12(17)10-8-11(9(2)22-10)23(20,21)16(4)5/h8H,6-7H2,1-5H3,(H,15,17)(H,18,19). The van der Waals surface area contributed by atoms with Crippen molar-refractivity contribution in [3.63, 3.8) is 0 Å². The first kappa shape index (κ1) is 19.2. The molecule has 1 aromatic heterocycles. The number of aryl methyl sites for hydroxylation is 1. The first-order valence-corrected chi connectivity index (χ1v) is 8.48. The van der Waals surface area contributed by atoms with Gasteiger partial charge in [0.2, 0.25) is 10.0 Å². The van der Waals surface area contributed by atoms with E-state index in [1.165, 1.54) is 27.9 Å². The van der Waals surface area contributed by atoms with Gasteiger partial charge in [-0.1, -0.05) is 13.3 Å². The molecule has 23 heavy (non-hydrogen) atoms. The summed E-state index contributed by atoms with van der Waals surface area (Å²) in [5.74, 6) is -2.12. The highest BCUT2D eigenvalue weighted by Crippen LogP contribution is 2.23. The molecule has 0 radical (unpaired) electrons. The first-order valence-electron chi connectivity index (χ1n) is 7.04. The van der Waals surface area contributed by atoms with Crippen LogP contribution in [0.25, 0.3) is 0 Å². The third kappa shape index (κ3) is 3.91. The molecule has 2 N–H and O–H groups in total. The number of hydrogen-bond donors (Lipinski definition) is 2. The molecule has 1 heterocycles. The van der Waals surface area contributed by atoms with E-state index in [2.05, 4.69) is 5.32 Å². The second-order valence-corrected chi connectivity index (χ2v) is 7.78. The molecule has 1 rings (SSSR count). The molecule has 1 atom stereocenters. The minimum Gasteiger partial charge on any atom is -0.480 e. The van der Waals surface area contributed by atoms with Crippen LogP contribution in [0, 0.1) is 6.92 Å². The van der Waals surface area contributed by atoms with Gasteiger partial charge in [-0.15, -0.1) is 0 Å². The van der Waals surface area contributed by atoms with Gasteiger partial charge in [-0.25, -0.2) is 17.5 Å². The van der Waals surface area contributed by atoms with Crippen molar-refractivity contribution in [3.8, 4) is 0 Å². The summed E-state index contributed by atoms with van der Waals surface area (Å²) in [4.78, 5) is 23.5. The molecule has 0 bridgehead atoms. The third-order valence-corrected chi connectivity index (χ3v) is 5.39. The van der Waals surface area contributed by atoms with Crippen LogP contribution < -0.4 is 5.32 Å². The van der Waals surface area contributed by atoms with Gasteiger partial charge in [0.1, 0.15) is 16.2 Å². The molecule has 0 fully saturated rings. The molecule has 1 amide bonds. The minimum absolute atomic E-state index is 0.0661. The molecule has 0 aliphatic rings. The van der Waals surface area contributed by atoms with E-state index in [0.717, 1.165) is 10.4 Å². The number of rotatable bonds is 7. The predicted octanol–water partition coefficient (Wildman–Crippen LogP) is 1.21. The Labute approximate surface area is 135 Å². The lowest BCUT2D eigenvalue weighted by Crippen LogP contribution is -2.52. The van der Waals surface area contributed by atoms with E-state index in [1.54, 1.807) is 6.92 Å². The Bertz CT molecular complexity index is 707. The van der Waals surface area contributed by atoms with Crippen LogP contribution in [-0.2, 0) is 14.8 Å². The maximum atomic E-state index is 12.2. The zero-order chi connectivity index (χ0) is 18.0. The molecule has 0 aliphatic heterocycles. The molecule has 130 valence electrons. The Balaban J connectivity index is 3.15. The summed E-state index contributed by atoms with van der Waals surface area (Å²) in [6, 6.07) is 1.11. The maximum Gasteiger partial charge on any atom is 0.329 e. The van der Waals surface area contributed by atoms with Crippen molar-refractivity contribution >= 4 is 21.9 Å². The molecule has 1 unspecified atom stereocenters. The fourth-order valence-corrected chi connectivity index (χ4v) is 3.12. The summed E-state index contributed by atoms with van der Waals surface area (Å²) in [6.45, 7) is 4.62. The summed E-state index contributed by atoms with van der Waals surface area (Å²) >= 11 is 0. The number of nitrogens with zero attached hydrogens (tertiary/aromatic N) is 1. The summed E-state index contributed by atoms with van der Waals surface area (Å²) in [6.07, 6.45) is 0.789. The van der Waals surface area contributed by atoms with Crippen LogP contribution in [0.15, 0.2) is 15.4 Å². The van der Waals surface area contributed by atoms with E-state index < -0.39 is 27.4 Å². The quantitative estimate of drug-likeness (QED) is 0.766. The average Bonchev–Trinajstić information content (AvgIpc) is 2.81. The normalized spacial score (nSPS) is 14.5. The van der Waals surface area contributed by atoms with Crippen LogP contribution in [0.1, 0.15) is 43.0 Å². The number of carbonyl (C=O) groups is 2. The van der Waals surface area contributed by atoms with Crippen molar-refractivity contribution in [3.05, 3.63) is 17.6 Å². The molecule has 0 aliphatic carbocycles. The Hall–Kier alpha value is -1.87. The number of hydrogen-bond acceptors (Lipinski definition) is 5. The monoisotopic (exact) mass is 346 g/mol. The zero-order valence-electron chi connectivity index (χ0n) is 13.8. The number of carboxylic acids is 1. The van der Waals surface area contributed by atoms with Crippen LogP contribution in [-0.4, -0.2) is 49.3 Å². The molecule has 0 spiro atoms. The fraction of sp³-hybridized carbons (Fsp3) is 0.571. The number of carboxylic acid groups (broad SMARTS) is 1. The molecule has 0 aromatic carbocycles. The van der Waals surface area contributed by atoms with Gasteiger partial charge in [0.15, 0.2) is 5.76 Å². The smallest absolute Gasteiger partial charge is 0.329 e. The van der Waals surface area contributed by atoms with Gasteiger partial charge >= 0.3 is 5.97 Å². The SMILES string of the molecule is CCCC(C)(NC(=O)c1cc(S(=O)(=O)N(C)C)c(C)o1)C(=O)O. The van der Waals surface area contributed by atoms with Crippen LogP contribution in [0.4, 0.5) is 0 Å². The van der Waals surface area contributed by atoms with Crippen molar-refractivity contribution in [2.24, 2.45) is 0 Å². The van der Waals surface area contributed by atoms with E-state index in [-0.39, 0.29) is 22.8 Å². The molecular weight excluding hydrogens is 324 g/mol. The highest BCUT2D eigenvalue weighted by Gasteiger charge is 2.35. The van der Waals surface area contributed by atoms with Gasteiger partial charge in [0.25, 0.3) is 5.91 Å². The lowest BCUT2D eigenvalue weighted by Gasteiger charge is -2.25. The van der Waals surface area contributed by atoms with Crippen LogP contribution in [0.2, 0.25) is 0 Å². The Morgan fingerprint density at radius 1 is 1.39 bits per heavy atom. The average molecular weight is 346 g/mol. The van der Waals surface area contributed by atoms with Gasteiger partial charge in [-0.3, -0.25) is 4.79 Å². The van der Waals surface area contributed by atoms with Gasteiger partial charge in [-0.2, -0.15) is 0 Å². The fourth-order valence-electron chi connectivity index (χ4n) is 2.07. The van der Waals surface area contributed by atoms with E-state index in [9.17, 15) is 23.1 Å². The molecule has 8 nitrogen and oxygen atoms in total.